The minimum Gasteiger partial charge on any atom is -0.444 e. The fourth-order valence-corrected chi connectivity index (χ4v) is 1.26. The van der Waals surface area contributed by atoms with Gasteiger partial charge < -0.3 is 20.1 Å². The summed E-state index contributed by atoms with van der Waals surface area (Å²) in [4.78, 5) is 11.3. The largest absolute Gasteiger partial charge is 0.444 e. The van der Waals surface area contributed by atoms with Crippen LogP contribution < -0.4 is 10.6 Å². The molecule has 1 heterocycles. The van der Waals surface area contributed by atoms with Crippen molar-refractivity contribution in [3.8, 4) is 0 Å². The molecule has 0 aromatic heterocycles. The van der Waals surface area contributed by atoms with Crippen molar-refractivity contribution in [2.24, 2.45) is 0 Å². The predicted octanol–water partition coefficient (Wildman–Crippen LogP) is 0.500. The van der Waals surface area contributed by atoms with Gasteiger partial charge in [0.25, 0.3) is 0 Å². The van der Waals surface area contributed by atoms with Crippen molar-refractivity contribution < 1.29 is 14.3 Å². The van der Waals surface area contributed by atoms with Gasteiger partial charge in [-0.3, -0.25) is 0 Å². The van der Waals surface area contributed by atoms with Crippen LogP contribution in [0.4, 0.5) is 4.79 Å². The fraction of sp³-hybridized carbons (Fsp3) is 0.900. The molecule has 0 spiro atoms. The zero-order valence-electron chi connectivity index (χ0n) is 9.63. The van der Waals surface area contributed by atoms with Crippen molar-refractivity contribution in [2.45, 2.75) is 32.5 Å². The number of alkyl carbamates (subject to hydrolysis) is 1. The van der Waals surface area contributed by atoms with Gasteiger partial charge in [-0.1, -0.05) is 0 Å². The summed E-state index contributed by atoms with van der Waals surface area (Å²) in [5.41, 5.74) is -0.449. The van der Waals surface area contributed by atoms with Crippen LogP contribution in [0.1, 0.15) is 20.8 Å². The van der Waals surface area contributed by atoms with Gasteiger partial charge in [-0.2, -0.15) is 0 Å². The first-order valence-corrected chi connectivity index (χ1v) is 5.26. The summed E-state index contributed by atoms with van der Waals surface area (Å²) < 4.78 is 10.5. The van der Waals surface area contributed by atoms with Gasteiger partial charge in [-0.25, -0.2) is 4.79 Å². The second-order valence-electron chi connectivity index (χ2n) is 4.58. The Bertz CT molecular complexity index is 207. The minimum atomic E-state index is -0.449. The number of carbonyl (C=O) groups is 1. The molecule has 0 aliphatic carbocycles. The Balaban J connectivity index is 2.15. The van der Waals surface area contributed by atoms with Crippen LogP contribution in [0.25, 0.3) is 0 Å². The third kappa shape index (κ3) is 5.59. The van der Waals surface area contributed by atoms with Crippen molar-refractivity contribution in [3.05, 3.63) is 0 Å². The van der Waals surface area contributed by atoms with E-state index in [4.69, 9.17) is 9.47 Å². The first-order chi connectivity index (χ1) is 6.97. The summed E-state index contributed by atoms with van der Waals surface area (Å²) in [6.07, 6.45) is -0.344. The average Bonchev–Trinajstić information content (AvgIpc) is 2.14. The maximum absolute atomic E-state index is 11.3. The van der Waals surface area contributed by atoms with E-state index in [2.05, 4.69) is 10.6 Å². The SMILES string of the molecule is CC(C)(C)OC(=O)NC[C@@H]1CNCCO1. The van der Waals surface area contributed by atoms with Gasteiger partial charge in [0.2, 0.25) is 0 Å². The molecule has 1 atom stereocenters. The lowest BCUT2D eigenvalue weighted by Crippen LogP contribution is -2.46. The van der Waals surface area contributed by atoms with Gasteiger partial charge in [-0.05, 0) is 20.8 Å². The Morgan fingerprint density at radius 3 is 2.87 bits per heavy atom. The first-order valence-electron chi connectivity index (χ1n) is 5.26. The fourth-order valence-electron chi connectivity index (χ4n) is 1.26. The summed E-state index contributed by atoms with van der Waals surface area (Å²) in [6, 6.07) is 0. The van der Waals surface area contributed by atoms with Crippen molar-refractivity contribution in [3.63, 3.8) is 0 Å². The third-order valence-corrected chi connectivity index (χ3v) is 1.88. The van der Waals surface area contributed by atoms with Crippen LogP contribution in [0.5, 0.6) is 0 Å². The van der Waals surface area contributed by atoms with Gasteiger partial charge in [0.15, 0.2) is 0 Å². The van der Waals surface area contributed by atoms with E-state index in [0.29, 0.717) is 13.2 Å². The molecule has 0 bridgehead atoms. The Morgan fingerprint density at radius 1 is 1.60 bits per heavy atom. The lowest BCUT2D eigenvalue weighted by molar-refractivity contribution is 0.0205. The van der Waals surface area contributed by atoms with Gasteiger partial charge in [-0.15, -0.1) is 0 Å². The molecule has 5 heteroatoms. The van der Waals surface area contributed by atoms with Crippen LogP contribution in [0.15, 0.2) is 0 Å². The van der Waals surface area contributed by atoms with E-state index in [1.54, 1.807) is 0 Å². The number of amides is 1. The molecule has 1 fully saturated rings. The minimum absolute atomic E-state index is 0.0475. The van der Waals surface area contributed by atoms with Crippen LogP contribution in [-0.4, -0.2) is 44.0 Å². The lowest BCUT2D eigenvalue weighted by atomic mass is 10.2. The van der Waals surface area contributed by atoms with Gasteiger partial charge in [0.05, 0.1) is 12.7 Å². The molecular formula is C10H20N2O3. The smallest absolute Gasteiger partial charge is 0.407 e. The van der Waals surface area contributed by atoms with Crippen LogP contribution >= 0.6 is 0 Å². The molecule has 0 aromatic carbocycles. The first kappa shape index (κ1) is 12.3. The highest BCUT2D eigenvalue weighted by Gasteiger charge is 2.18. The van der Waals surface area contributed by atoms with Gasteiger partial charge in [0, 0.05) is 19.6 Å². The Hall–Kier alpha value is -0.810. The summed E-state index contributed by atoms with van der Waals surface area (Å²) in [6.45, 7) is 8.35. The average molecular weight is 216 g/mol. The molecule has 5 nitrogen and oxygen atoms in total. The maximum Gasteiger partial charge on any atom is 0.407 e. The zero-order chi connectivity index (χ0) is 11.3. The molecule has 15 heavy (non-hydrogen) atoms. The predicted molar refractivity (Wildman–Crippen MR) is 56.8 cm³/mol. The molecule has 0 saturated carbocycles. The molecule has 2 N–H and O–H groups in total. The zero-order valence-corrected chi connectivity index (χ0v) is 9.63. The molecule has 0 aromatic rings. The summed E-state index contributed by atoms with van der Waals surface area (Å²) >= 11 is 0. The third-order valence-electron chi connectivity index (χ3n) is 1.88. The van der Waals surface area contributed by atoms with Crippen LogP contribution in [0.2, 0.25) is 0 Å². The number of rotatable bonds is 2. The molecule has 1 aliphatic heterocycles. The normalized spacial score (nSPS) is 22.2. The van der Waals surface area contributed by atoms with Crippen LogP contribution in [0, 0.1) is 0 Å². The number of ether oxygens (including phenoxy) is 2. The Labute approximate surface area is 90.5 Å². The van der Waals surface area contributed by atoms with Gasteiger partial charge >= 0.3 is 6.09 Å². The maximum atomic E-state index is 11.3. The van der Waals surface area contributed by atoms with E-state index in [-0.39, 0.29) is 6.10 Å². The van der Waals surface area contributed by atoms with Crippen molar-refractivity contribution in [1.29, 1.82) is 0 Å². The van der Waals surface area contributed by atoms with Crippen molar-refractivity contribution in [2.75, 3.05) is 26.2 Å². The second-order valence-corrected chi connectivity index (χ2v) is 4.58. The highest BCUT2D eigenvalue weighted by atomic mass is 16.6. The number of morpholine rings is 1. The van der Waals surface area contributed by atoms with E-state index in [0.717, 1.165) is 13.1 Å². The number of carbonyl (C=O) groups excluding carboxylic acids is 1. The van der Waals surface area contributed by atoms with Crippen molar-refractivity contribution in [1.82, 2.24) is 10.6 Å². The lowest BCUT2D eigenvalue weighted by Gasteiger charge is -2.25. The quantitative estimate of drug-likeness (QED) is 0.705. The molecule has 1 aliphatic rings. The highest BCUT2D eigenvalue weighted by Crippen LogP contribution is 2.06. The summed E-state index contributed by atoms with van der Waals surface area (Å²) in [5.74, 6) is 0. The molecule has 0 radical (unpaired) electrons. The standard InChI is InChI=1S/C10H20N2O3/c1-10(2,3)15-9(13)12-7-8-6-11-4-5-14-8/h8,11H,4-7H2,1-3H3,(H,12,13)/t8-/m0/s1. The molecule has 1 saturated heterocycles. The molecule has 1 rings (SSSR count). The van der Waals surface area contributed by atoms with Crippen LogP contribution in [0.3, 0.4) is 0 Å². The van der Waals surface area contributed by atoms with E-state index in [9.17, 15) is 4.79 Å². The Kier molecular flexibility index (Phi) is 4.35. The van der Waals surface area contributed by atoms with E-state index < -0.39 is 11.7 Å². The molecule has 1 amide bonds. The number of nitrogens with one attached hydrogen (secondary N) is 2. The number of hydrogen-bond acceptors (Lipinski definition) is 4. The van der Waals surface area contributed by atoms with Gasteiger partial charge in [0.1, 0.15) is 5.60 Å². The molecule has 0 unspecified atom stereocenters. The van der Waals surface area contributed by atoms with Crippen LogP contribution in [-0.2, 0) is 9.47 Å². The monoisotopic (exact) mass is 216 g/mol. The Morgan fingerprint density at radius 2 is 2.33 bits per heavy atom. The van der Waals surface area contributed by atoms with E-state index in [1.807, 2.05) is 20.8 Å². The topological polar surface area (TPSA) is 59.6 Å². The van der Waals surface area contributed by atoms with E-state index >= 15 is 0 Å². The number of hydrogen-bond donors (Lipinski definition) is 2. The highest BCUT2D eigenvalue weighted by molar-refractivity contribution is 5.67. The second kappa shape index (κ2) is 5.32. The summed E-state index contributed by atoms with van der Waals surface area (Å²) in [7, 11) is 0. The van der Waals surface area contributed by atoms with Crippen molar-refractivity contribution >= 4 is 6.09 Å². The van der Waals surface area contributed by atoms with E-state index in [1.165, 1.54) is 0 Å². The molecule has 88 valence electrons. The summed E-state index contributed by atoms with van der Waals surface area (Å²) in [5, 5.41) is 5.87. The molecular weight excluding hydrogens is 196 g/mol.